The summed E-state index contributed by atoms with van der Waals surface area (Å²) in [6, 6.07) is 0.173. The number of carbonyl (C=O) groups excluding carboxylic acids is 3. The minimum absolute atomic E-state index is 0.173. The predicted octanol–water partition coefficient (Wildman–Crippen LogP) is 2.59. The van der Waals surface area contributed by atoms with E-state index in [1.807, 2.05) is 0 Å². The molecule has 0 atom stereocenters. The Hall–Kier alpha value is -1.37. The Bertz CT molecular complexity index is 326. The van der Waals surface area contributed by atoms with Crippen LogP contribution in [-0.4, -0.2) is 26.7 Å². The molecule has 0 spiro atoms. The van der Waals surface area contributed by atoms with Gasteiger partial charge in [-0.3, -0.25) is 14.4 Å². The second kappa shape index (κ2) is 9.52. The van der Waals surface area contributed by atoms with E-state index in [4.69, 9.17) is 13.3 Å². The molecule has 0 saturated carbocycles. The summed E-state index contributed by atoms with van der Waals surface area (Å²) in [5.74, 6) is -1.74. The summed E-state index contributed by atoms with van der Waals surface area (Å²) in [6.45, 7) is 6.11. The van der Waals surface area contributed by atoms with Crippen LogP contribution in [-0.2, 0) is 27.7 Å². The summed E-state index contributed by atoms with van der Waals surface area (Å²) in [5, 5.41) is 0. The molecule has 0 aliphatic carbocycles. The van der Waals surface area contributed by atoms with Crippen molar-refractivity contribution in [3.8, 4) is 0 Å². The van der Waals surface area contributed by atoms with Crippen LogP contribution in [0, 0.1) is 0 Å². The van der Waals surface area contributed by atoms with Crippen molar-refractivity contribution in [2.24, 2.45) is 0 Å². The Balaban J connectivity index is 4.57. The summed E-state index contributed by atoms with van der Waals surface area (Å²) < 4.78 is 15.2. The summed E-state index contributed by atoms with van der Waals surface area (Å²) >= 11 is 0. The van der Waals surface area contributed by atoms with Crippen molar-refractivity contribution in [3.63, 3.8) is 0 Å². The number of rotatable bonds is 9. The third-order valence-corrected chi connectivity index (χ3v) is 5.14. The summed E-state index contributed by atoms with van der Waals surface area (Å²) in [5.41, 5.74) is 0. The van der Waals surface area contributed by atoms with Gasteiger partial charge in [0.2, 0.25) is 0 Å². The van der Waals surface area contributed by atoms with E-state index in [1.54, 1.807) is 6.92 Å². The van der Waals surface area contributed by atoms with Crippen LogP contribution in [0.4, 0.5) is 0 Å². The molecule has 0 heterocycles. The number of hydrogen-bond acceptors (Lipinski definition) is 6. The van der Waals surface area contributed by atoms with Gasteiger partial charge in [0.25, 0.3) is 17.9 Å². The highest BCUT2D eigenvalue weighted by Gasteiger charge is 2.50. The fraction of sp³-hybridized carbons (Fsp3) is 0.769. The number of carbonyl (C=O) groups is 3. The van der Waals surface area contributed by atoms with Crippen molar-refractivity contribution in [1.29, 1.82) is 0 Å². The van der Waals surface area contributed by atoms with Gasteiger partial charge in [0.15, 0.2) is 0 Å². The van der Waals surface area contributed by atoms with Gasteiger partial charge in [-0.15, -0.1) is 0 Å². The van der Waals surface area contributed by atoms with Crippen LogP contribution < -0.4 is 0 Å². The van der Waals surface area contributed by atoms with Gasteiger partial charge in [-0.25, -0.2) is 0 Å². The van der Waals surface area contributed by atoms with E-state index in [2.05, 4.69) is 6.92 Å². The largest absolute Gasteiger partial charge is 0.704 e. The molecular formula is C13H24O6Si. The van der Waals surface area contributed by atoms with Crippen LogP contribution in [0.1, 0.15) is 59.8 Å². The van der Waals surface area contributed by atoms with Gasteiger partial charge in [-0.2, -0.15) is 0 Å². The molecule has 0 aliphatic rings. The van der Waals surface area contributed by atoms with E-state index in [0.29, 0.717) is 6.42 Å². The Morgan fingerprint density at radius 3 is 1.80 bits per heavy atom. The zero-order chi connectivity index (χ0) is 15.6. The van der Waals surface area contributed by atoms with Gasteiger partial charge in [0.1, 0.15) is 0 Å². The Kier molecular flexibility index (Phi) is 8.86. The summed E-state index contributed by atoms with van der Waals surface area (Å²) in [7, 11) is -3.58. The molecule has 0 radical (unpaired) electrons. The molecule has 0 aromatic carbocycles. The highest BCUT2D eigenvalue weighted by molar-refractivity contribution is 6.65. The van der Waals surface area contributed by atoms with Gasteiger partial charge in [0.05, 0.1) is 6.04 Å². The molecule has 0 N–H and O–H groups in total. The van der Waals surface area contributed by atoms with Gasteiger partial charge < -0.3 is 13.3 Å². The topological polar surface area (TPSA) is 78.9 Å². The molecule has 0 amide bonds. The monoisotopic (exact) mass is 304 g/mol. The first-order valence-electron chi connectivity index (χ1n) is 6.96. The van der Waals surface area contributed by atoms with Gasteiger partial charge in [0, 0.05) is 20.3 Å². The van der Waals surface area contributed by atoms with E-state index in [0.717, 1.165) is 19.3 Å². The molecule has 0 aliphatic heterocycles. The minimum Gasteiger partial charge on any atom is -0.455 e. The summed E-state index contributed by atoms with van der Waals surface area (Å²) in [4.78, 5) is 34.0. The van der Waals surface area contributed by atoms with E-state index >= 15 is 0 Å². The molecule has 0 unspecified atom stereocenters. The lowest BCUT2D eigenvalue weighted by Gasteiger charge is -2.25. The fourth-order valence-electron chi connectivity index (χ4n) is 1.64. The maximum absolute atomic E-state index is 11.8. The molecule has 116 valence electrons. The Labute approximate surface area is 121 Å². The van der Waals surface area contributed by atoms with Crippen LogP contribution in [0.25, 0.3) is 0 Å². The Morgan fingerprint density at radius 1 is 0.850 bits per heavy atom. The zero-order valence-corrected chi connectivity index (χ0v) is 13.7. The third kappa shape index (κ3) is 7.93. The minimum atomic E-state index is -3.58. The van der Waals surface area contributed by atoms with E-state index in [9.17, 15) is 14.4 Å². The molecule has 20 heavy (non-hydrogen) atoms. The van der Waals surface area contributed by atoms with Crippen LogP contribution in [0.3, 0.4) is 0 Å². The van der Waals surface area contributed by atoms with Crippen LogP contribution in [0.2, 0.25) is 6.04 Å². The summed E-state index contributed by atoms with van der Waals surface area (Å²) in [6.07, 6.45) is 4.01. The highest BCUT2D eigenvalue weighted by Crippen LogP contribution is 2.18. The number of hydrogen-bond donors (Lipinski definition) is 0. The average molecular weight is 304 g/mol. The normalized spacial score (nSPS) is 10.8. The van der Waals surface area contributed by atoms with Crippen LogP contribution in [0.15, 0.2) is 0 Å². The molecule has 0 rings (SSSR count). The quantitative estimate of drug-likeness (QED) is 0.481. The molecule has 0 aromatic rings. The SMILES string of the molecule is CCCCCCC(=O)O[Si](CC)(OC(C)=O)OC(C)=O. The lowest BCUT2D eigenvalue weighted by molar-refractivity contribution is -0.148. The van der Waals surface area contributed by atoms with Gasteiger partial charge >= 0.3 is 8.80 Å². The molecule has 0 aromatic heterocycles. The predicted molar refractivity (Wildman–Crippen MR) is 74.6 cm³/mol. The maximum atomic E-state index is 11.8. The van der Waals surface area contributed by atoms with Gasteiger partial charge in [-0.05, 0) is 6.42 Å². The molecule has 6 nitrogen and oxygen atoms in total. The van der Waals surface area contributed by atoms with Crippen molar-refractivity contribution >= 4 is 26.7 Å². The lowest BCUT2D eigenvalue weighted by atomic mass is 10.2. The third-order valence-electron chi connectivity index (χ3n) is 2.54. The van der Waals surface area contributed by atoms with E-state index in [1.165, 1.54) is 13.8 Å². The first-order valence-corrected chi connectivity index (χ1v) is 8.89. The maximum Gasteiger partial charge on any atom is 0.704 e. The molecule has 0 bridgehead atoms. The molecule has 0 fully saturated rings. The first-order chi connectivity index (χ1) is 9.35. The number of unbranched alkanes of at least 4 members (excludes halogenated alkanes) is 3. The van der Waals surface area contributed by atoms with Crippen molar-refractivity contribution in [1.82, 2.24) is 0 Å². The average Bonchev–Trinajstić information content (AvgIpc) is 2.32. The van der Waals surface area contributed by atoms with Crippen molar-refractivity contribution < 1.29 is 27.7 Å². The van der Waals surface area contributed by atoms with E-state index in [-0.39, 0.29) is 12.5 Å². The first kappa shape index (κ1) is 18.6. The molecular weight excluding hydrogens is 280 g/mol. The van der Waals surface area contributed by atoms with Crippen molar-refractivity contribution in [2.75, 3.05) is 0 Å². The second-order valence-corrected chi connectivity index (χ2v) is 7.19. The fourth-order valence-corrected chi connectivity index (χ4v) is 3.52. The second-order valence-electron chi connectivity index (χ2n) is 4.51. The van der Waals surface area contributed by atoms with Crippen molar-refractivity contribution in [2.45, 2.75) is 65.8 Å². The molecule has 7 heteroatoms. The standard InChI is InChI=1S/C13H24O6Si/c1-5-7-8-9-10-13(16)19-20(6-2,17-11(3)14)18-12(4)15/h5-10H2,1-4H3. The Morgan fingerprint density at radius 2 is 1.40 bits per heavy atom. The smallest absolute Gasteiger partial charge is 0.455 e. The van der Waals surface area contributed by atoms with Crippen LogP contribution in [0.5, 0.6) is 0 Å². The van der Waals surface area contributed by atoms with Crippen molar-refractivity contribution in [3.05, 3.63) is 0 Å². The zero-order valence-electron chi connectivity index (χ0n) is 12.7. The lowest BCUT2D eigenvalue weighted by Crippen LogP contribution is -2.49. The van der Waals surface area contributed by atoms with E-state index < -0.39 is 26.7 Å². The van der Waals surface area contributed by atoms with Gasteiger partial charge in [-0.1, -0.05) is 33.1 Å². The molecule has 0 saturated heterocycles. The highest BCUT2D eigenvalue weighted by atomic mass is 28.4. The van der Waals surface area contributed by atoms with Crippen LogP contribution >= 0.6 is 0 Å².